The number of likely N-dealkylation sites (N-methyl/N-ethyl adjacent to an activating group) is 1. The minimum atomic E-state index is -0.792. The van der Waals surface area contributed by atoms with Crippen LogP contribution in [0.3, 0.4) is 0 Å². The molecular formula is C13H17Cl2NO2. The molecule has 0 aromatic heterocycles. The Labute approximate surface area is 117 Å². The quantitative estimate of drug-likeness (QED) is 0.868. The van der Waals surface area contributed by atoms with Crippen LogP contribution in [0.4, 0.5) is 0 Å². The van der Waals surface area contributed by atoms with Gasteiger partial charge in [0.05, 0.1) is 10.0 Å². The highest BCUT2D eigenvalue weighted by Gasteiger charge is 2.22. The predicted octanol–water partition coefficient (Wildman–Crippen LogP) is 3.68. The molecule has 100 valence electrons. The van der Waals surface area contributed by atoms with Crippen LogP contribution in [-0.4, -0.2) is 28.6 Å². The summed E-state index contributed by atoms with van der Waals surface area (Å²) in [6.07, 6.45) is 0.574. The molecule has 5 heteroatoms. The Balaban J connectivity index is 2.84. The van der Waals surface area contributed by atoms with E-state index in [1.165, 1.54) is 0 Å². The summed E-state index contributed by atoms with van der Waals surface area (Å²) in [5.74, 6) is -0.792. The molecule has 0 spiro atoms. The molecule has 3 nitrogen and oxygen atoms in total. The maximum absolute atomic E-state index is 11.2. The molecule has 1 atom stereocenters. The number of hydrogen-bond acceptors (Lipinski definition) is 2. The lowest BCUT2D eigenvalue weighted by atomic mass is 10.1. The molecule has 0 saturated carbocycles. The van der Waals surface area contributed by atoms with Crippen molar-refractivity contribution < 1.29 is 9.90 Å². The van der Waals surface area contributed by atoms with Gasteiger partial charge in [-0.15, -0.1) is 0 Å². The van der Waals surface area contributed by atoms with Crippen molar-refractivity contribution in [3.63, 3.8) is 0 Å². The standard InChI is InChI=1S/C13H17Cl2NO2/c1-3-12(13(17)18)16(4-2)8-9-5-6-10(14)11(15)7-9/h5-7,12H,3-4,8H2,1-2H3,(H,17,18). The van der Waals surface area contributed by atoms with E-state index in [1.807, 2.05) is 24.8 Å². The van der Waals surface area contributed by atoms with Crippen molar-refractivity contribution in [1.29, 1.82) is 0 Å². The minimum absolute atomic E-state index is 0.468. The molecule has 0 saturated heterocycles. The van der Waals surface area contributed by atoms with Gasteiger partial charge >= 0.3 is 5.97 Å². The lowest BCUT2D eigenvalue weighted by Crippen LogP contribution is -2.40. The number of carbonyl (C=O) groups is 1. The highest BCUT2D eigenvalue weighted by atomic mass is 35.5. The van der Waals surface area contributed by atoms with Gasteiger partial charge < -0.3 is 5.11 Å². The van der Waals surface area contributed by atoms with Gasteiger partial charge in [-0.2, -0.15) is 0 Å². The fraction of sp³-hybridized carbons (Fsp3) is 0.462. The van der Waals surface area contributed by atoms with Crippen LogP contribution in [0.5, 0.6) is 0 Å². The Hall–Kier alpha value is -0.770. The zero-order valence-corrected chi connectivity index (χ0v) is 12.0. The van der Waals surface area contributed by atoms with Crippen molar-refractivity contribution in [2.24, 2.45) is 0 Å². The molecule has 0 fully saturated rings. The van der Waals surface area contributed by atoms with Gasteiger partial charge in [-0.3, -0.25) is 9.69 Å². The third-order valence-corrected chi connectivity index (χ3v) is 3.63. The van der Waals surface area contributed by atoms with E-state index in [0.717, 1.165) is 5.56 Å². The summed E-state index contributed by atoms with van der Waals surface area (Å²) in [6, 6.07) is 4.91. The topological polar surface area (TPSA) is 40.5 Å². The zero-order chi connectivity index (χ0) is 13.7. The third kappa shape index (κ3) is 3.87. The Morgan fingerprint density at radius 2 is 2.00 bits per heavy atom. The third-order valence-electron chi connectivity index (χ3n) is 2.89. The molecule has 1 rings (SSSR count). The summed E-state index contributed by atoms with van der Waals surface area (Å²) in [5.41, 5.74) is 0.964. The molecule has 0 amide bonds. The number of carboxylic acids is 1. The van der Waals surface area contributed by atoms with Gasteiger partial charge in [-0.25, -0.2) is 0 Å². The molecular weight excluding hydrogens is 273 g/mol. The first kappa shape index (κ1) is 15.3. The van der Waals surface area contributed by atoms with E-state index in [0.29, 0.717) is 29.6 Å². The maximum Gasteiger partial charge on any atom is 0.320 e. The molecule has 1 N–H and O–H groups in total. The number of nitrogens with zero attached hydrogens (tertiary/aromatic N) is 1. The van der Waals surface area contributed by atoms with Crippen molar-refractivity contribution in [2.45, 2.75) is 32.9 Å². The number of aliphatic carboxylic acids is 1. The largest absolute Gasteiger partial charge is 0.480 e. The first-order valence-corrected chi connectivity index (χ1v) is 6.66. The summed E-state index contributed by atoms with van der Waals surface area (Å²) in [4.78, 5) is 13.1. The van der Waals surface area contributed by atoms with Crippen LogP contribution in [0.1, 0.15) is 25.8 Å². The summed E-state index contributed by atoms with van der Waals surface area (Å²) < 4.78 is 0. The van der Waals surface area contributed by atoms with Crippen molar-refractivity contribution in [1.82, 2.24) is 4.90 Å². The molecule has 0 aliphatic carbocycles. The summed E-state index contributed by atoms with van der Waals surface area (Å²) in [7, 11) is 0. The highest BCUT2D eigenvalue weighted by Crippen LogP contribution is 2.23. The monoisotopic (exact) mass is 289 g/mol. The van der Waals surface area contributed by atoms with E-state index in [-0.39, 0.29) is 0 Å². The van der Waals surface area contributed by atoms with Crippen LogP contribution in [0, 0.1) is 0 Å². The van der Waals surface area contributed by atoms with Crippen LogP contribution < -0.4 is 0 Å². The van der Waals surface area contributed by atoms with Gasteiger partial charge in [0, 0.05) is 6.54 Å². The van der Waals surface area contributed by atoms with Gasteiger partial charge in [0.15, 0.2) is 0 Å². The number of halogens is 2. The molecule has 0 heterocycles. The number of rotatable bonds is 6. The second kappa shape index (κ2) is 6.98. The molecule has 1 unspecified atom stereocenters. The lowest BCUT2D eigenvalue weighted by Gasteiger charge is -2.26. The fourth-order valence-corrected chi connectivity index (χ4v) is 2.22. The van der Waals surface area contributed by atoms with Crippen molar-refractivity contribution >= 4 is 29.2 Å². The van der Waals surface area contributed by atoms with E-state index in [1.54, 1.807) is 12.1 Å². The fourth-order valence-electron chi connectivity index (χ4n) is 1.90. The second-order valence-corrected chi connectivity index (χ2v) is 4.89. The molecule has 0 bridgehead atoms. The Kier molecular flexibility index (Phi) is 5.93. The predicted molar refractivity (Wildman–Crippen MR) is 74.3 cm³/mol. The van der Waals surface area contributed by atoms with Gasteiger partial charge in [0.1, 0.15) is 6.04 Å². The number of benzene rings is 1. The van der Waals surface area contributed by atoms with Crippen LogP contribution in [0.2, 0.25) is 10.0 Å². The second-order valence-electron chi connectivity index (χ2n) is 4.07. The first-order chi connectivity index (χ1) is 8.49. The van der Waals surface area contributed by atoms with Crippen LogP contribution in [0.15, 0.2) is 18.2 Å². The van der Waals surface area contributed by atoms with Crippen LogP contribution in [0.25, 0.3) is 0 Å². The maximum atomic E-state index is 11.2. The normalized spacial score (nSPS) is 12.7. The molecule has 0 aliphatic rings. The summed E-state index contributed by atoms with van der Waals surface area (Å²) in [5, 5.41) is 10.2. The van der Waals surface area contributed by atoms with Crippen LogP contribution in [-0.2, 0) is 11.3 Å². The van der Waals surface area contributed by atoms with Crippen molar-refractivity contribution in [3.05, 3.63) is 33.8 Å². The van der Waals surface area contributed by atoms with Gasteiger partial charge in [0.25, 0.3) is 0 Å². The molecule has 0 radical (unpaired) electrons. The minimum Gasteiger partial charge on any atom is -0.480 e. The number of hydrogen-bond donors (Lipinski definition) is 1. The SMILES string of the molecule is CCC(C(=O)O)N(CC)Cc1ccc(Cl)c(Cl)c1. The lowest BCUT2D eigenvalue weighted by molar-refractivity contribution is -0.143. The van der Waals surface area contributed by atoms with E-state index >= 15 is 0 Å². The molecule has 18 heavy (non-hydrogen) atoms. The Morgan fingerprint density at radius 3 is 2.44 bits per heavy atom. The van der Waals surface area contributed by atoms with E-state index < -0.39 is 12.0 Å². The van der Waals surface area contributed by atoms with Crippen molar-refractivity contribution in [2.75, 3.05) is 6.54 Å². The van der Waals surface area contributed by atoms with Crippen LogP contribution >= 0.6 is 23.2 Å². The molecule has 0 aliphatic heterocycles. The van der Waals surface area contributed by atoms with E-state index in [4.69, 9.17) is 28.3 Å². The molecule has 1 aromatic carbocycles. The average molecular weight is 290 g/mol. The Bertz CT molecular complexity index is 423. The van der Waals surface area contributed by atoms with Crippen molar-refractivity contribution in [3.8, 4) is 0 Å². The van der Waals surface area contributed by atoms with Gasteiger partial charge in [-0.1, -0.05) is 43.1 Å². The van der Waals surface area contributed by atoms with E-state index in [2.05, 4.69) is 0 Å². The zero-order valence-electron chi connectivity index (χ0n) is 10.5. The first-order valence-electron chi connectivity index (χ1n) is 5.90. The highest BCUT2D eigenvalue weighted by molar-refractivity contribution is 6.42. The van der Waals surface area contributed by atoms with Gasteiger partial charge in [0.2, 0.25) is 0 Å². The summed E-state index contributed by atoms with van der Waals surface area (Å²) in [6.45, 7) is 5.04. The average Bonchev–Trinajstić information content (AvgIpc) is 2.33. The molecule has 1 aromatic rings. The van der Waals surface area contributed by atoms with Gasteiger partial charge in [-0.05, 0) is 30.7 Å². The van der Waals surface area contributed by atoms with E-state index in [9.17, 15) is 4.79 Å². The smallest absolute Gasteiger partial charge is 0.320 e. The number of carboxylic acid groups (broad SMARTS) is 1. The summed E-state index contributed by atoms with van der Waals surface area (Å²) >= 11 is 11.8. The Morgan fingerprint density at radius 1 is 1.33 bits per heavy atom.